The molecular weight excluding hydrogens is 520 g/mol. The number of amides is 1. The minimum Gasteiger partial charge on any atom is -0.391 e. The lowest BCUT2D eigenvalue weighted by Crippen LogP contribution is -2.35. The Labute approximate surface area is 229 Å². The number of carbonyl (C=O) groups is 1. The van der Waals surface area contributed by atoms with Crippen LogP contribution in [0.4, 0.5) is 14.7 Å². The van der Waals surface area contributed by atoms with Gasteiger partial charge >= 0.3 is 0 Å². The summed E-state index contributed by atoms with van der Waals surface area (Å²) in [7, 11) is 0. The van der Waals surface area contributed by atoms with Crippen molar-refractivity contribution >= 4 is 22.9 Å². The lowest BCUT2D eigenvalue weighted by Gasteiger charge is -2.31. The molecule has 0 aliphatic carbocycles. The van der Waals surface area contributed by atoms with E-state index in [9.17, 15) is 9.90 Å². The molecule has 10 nitrogen and oxygen atoms in total. The first-order chi connectivity index (χ1) is 19.3. The van der Waals surface area contributed by atoms with Gasteiger partial charge in [-0.05, 0) is 42.1 Å². The molecule has 1 aromatic carbocycles. The number of carbonyl (C=O) groups excluding carboxylic acids is 1. The van der Waals surface area contributed by atoms with Gasteiger partial charge in [0.25, 0.3) is 11.9 Å². The monoisotopic (exact) mass is 551 g/mol. The second kappa shape index (κ2) is 10.6. The second-order valence-electron chi connectivity index (χ2n) is 10.9. The number of fused-ring (bicyclic) bond motifs is 1. The molecule has 3 aromatic heterocycles. The first kappa shape index (κ1) is 26.3. The Morgan fingerprint density at radius 3 is 2.60 bits per heavy atom. The number of aliphatic hydroxyl groups excluding tert-OH is 1. The molecule has 2 saturated heterocycles. The number of hydrogen-bond donors (Lipinski definition) is 1. The zero-order valence-electron chi connectivity index (χ0n) is 22.4. The SMILES string of the molecule is CC(C)c1nc(N2CCC(n3cc(F)c4c(Cc5ccc(C(=O)N6CC[C@@H](O)C6)cc5F)ncnc43)CC2)no1. The van der Waals surface area contributed by atoms with Gasteiger partial charge in [0.2, 0.25) is 5.89 Å². The fraction of sp³-hybridized carbons (Fsp3) is 0.464. The Hall–Kier alpha value is -3.93. The van der Waals surface area contributed by atoms with Gasteiger partial charge in [-0.3, -0.25) is 4.79 Å². The number of piperidine rings is 1. The number of likely N-dealkylation sites (tertiary alicyclic amines) is 1. The van der Waals surface area contributed by atoms with Gasteiger partial charge in [0.05, 0.1) is 17.2 Å². The van der Waals surface area contributed by atoms with E-state index in [1.165, 1.54) is 29.6 Å². The van der Waals surface area contributed by atoms with E-state index in [1.54, 1.807) is 6.07 Å². The van der Waals surface area contributed by atoms with Crippen LogP contribution in [0.1, 0.15) is 72.6 Å². The van der Waals surface area contributed by atoms with Crippen LogP contribution in [0.3, 0.4) is 0 Å². The maximum Gasteiger partial charge on any atom is 0.266 e. The number of hydrogen-bond acceptors (Lipinski definition) is 8. The molecule has 5 heterocycles. The topological polar surface area (TPSA) is 113 Å². The number of halogens is 2. The third-order valence-electron chi connectivity index (χ3n) is 7.82. The van der Waals surface area contributed by atoms with Crippen molar-refractivity contribution in [1.82, 2.24) is 29.6 Å². The molecule has 2 aliphatic rings. The van der Waals surface area contributed by atoms with Crippen molar-refractivity contribution in [2.45, 2.75) is 57.6 Å². The van der Waals surface area contributed by atoms with Gasteiger partial charge in [0.1, 0.15) is 17.8 Å². The summed E-state index contributed by atoms with van der Waals surface area (Å²) in [5.74, 6) is -0.00719. The van der Waals surface area contributed by atoms with Crippen LogP contribution in [0.15, 0.2) is 35.2 Å². The minimum atomic E-state index is -0.563. The third-order valence-corrected chi connectivity index (χ3v) is 7.82. The average molecular weight is 552 g/mol. The number of nitrogens with zero attached hydrogens (tertiary/aromatic N) is 7. The third kappa shape index (κ3) is 4.91. The molecule has 1 atom stereocenters. The van der Waals surface area contributed by atoms with Crippen LogP contribution in [0.5, 0.6) is 0 Å². The molecule has 40 heavy (non-hydrogen) atoms. The number of anilines is 1. The quantitative estimate of drug-likeness (QED) is 0.385. The molecule has 6 rings (SSSR count). The van der Waals surface area contributed by atoms with Crippen molar-refractivity contribution in [3.8, 4) is 0 Å². The lowest BCUT2D eigenvalue weighted by atomic mass is 10.0. The molecule has 2 fully saturated rings. The molecule has 0 unspecified atom stereocenters. The van der Waals surface area contributed by atoms with E-state index in [0.29, 0.717) is 54.8 Å². The molecule has 1 amide bonds. The maximum absolute atomic E-state index is 15.3. The summed E-state index contributed by atoms with van der Waals surface area (Å²) < 4.78 is 37.6. The number of β-amino-alcohol motifs (C(OH)–C–C–N with tert-alkyl or cyclic N) is 1. The van der Waals surface area contributed by atoms with Crippen molar-refractivity contribution in [2.24, 2.45) is 0 Å². The number of benzene rings is 1. The van der Waals surface area contributed by atoms with E-state index in [4.69, 9.17) is 4.52 Å². The molecular formula is C28H31F2N7O3. The maximum atomic E-state index is 15.3. The van der Waals surface area contributed by atoms with Crippen LogP contribution in [0, 0.1) is 11.6 Å². The molecule has 1 N–H and O–H groups in total. The van der Waals surface area contributed by atoms with Crippen LogP contribution >= 0.6 is 0 Å². The van der Waals surface area contributed by atoms with Crippen molar-refractivity contribution in [3.63, 3.8) is 0 Å². The van der Waals surface area contributed by atoms with Crippen molar-refractivity contribution in [3.05, 3.63) is 65.1 Å². The van der Waals surface area contributed by atoms with Gasteiger partial charge in [0, 0.05) is 56.3 Å². The summed E-state index contributed by atoms with van der Waals surface area (Å²) in [6, 6.07) is 4.32. The predicted octanol–water partition coefficient (Wildman–Crippen LogP) is 3.86. The largest absolute Gasteiger partial charge is 0.391 e. The summed E-state index contributed by atoms with van der Waals surface area (Å²) in [6.07, 6.45) is 4.33. The predicted molar refractivity (Wildman–Crippen MR) is 142 cm³/mol. The zero-order valence-corrected chi connectivity index (χ0v) is 22.4. The van der Waals surface area contributed by atoms with Crippen LogP contribution in [-0.4, -0.2) is 72.9 Å². The number of aliphatic hydroxyl groups is 1. The number of aromatic nitrogens is 5. The Morgan fingerprint density at radius 2 is 1.93 bits per heavy atom. The van der Waals surface area contributed by atoms with E-state index < -0.39 is 17.7 Å². The molecule has 4 aromatic rings. The fourth-order valence-electron chi connectivity index (χ4n) is 5.56. The van der Waals surface area contributed by atoms with Crippen LogP contribution < -0.4 is 4.90 Å². The minimum absolute atomic E-state index is 0.0219. The van der Waals surface area contributed by atoms with Crippen molar-refractivity contribution in [1.29, 1.82) is 0 Å². The summed E-state index contributed by atoms with van der Waals surface area (Å²) in [6.45, 7) is 6.05. The highest BCUT2D eigenvalue weighted by molar-refractivity contribution is 5.94. The zero-order chi connectivity index (χ0) is 28.0. The van der Waals surface area contributed by atoms with E-state index >= 15 is 8.78 Å². The normalized spacial score (nSPS) is 18.4. The highest BCUT2D eigenvalue weighted by atomic mass is 19.1. The van der Waals surface area contributed by atoms with Crippen molar-refractivity contribution < 1.29 is 23.2 Å². The second-order valence-corrected chi connectivity index (χ2v) is 10.9. The first-order valence-electron chi connectivity index (χ1n) is 13.6. The van der Waals surface area contributed by atoms with Gasteiger partial charge in [-0.25, -0.2) is 18.7 Å². The standard InChI is InChI=1S/C28H31F2N7O3/c1-16(2)26-33-28(34-40-26)35-8-5-19(6-9-35)37-14-22(30)24-23(31-15-32-25(24)37)12-17-3-4-18(11-21(17)29)27(39)36-10-7-20(38)13-36/h3-4,11,14-16,19-20,38H,5-10,12-13H2,1-2H3/t20-/m1/s1. The van der Waals surface area contributed by atoms with Crippen molar-refractivity contribution in [2.75, 3.05) is 31.1 Å². The smallest absolute Gasteiger partial charge is 0.266 e. The van der Waals surface area contributed by atoms with Gasteiger partial charge in [-0.15, -0.1) is 0 Å². The Balaban J connectivity index is 1.19. The first-order valence-corrected chi connectivity index (χ1v) is 13.6. The summed E-state index contributed by atoms with van der Waals surface area (Å²) in [4.78, 5) is 29.4. The molecule has 0 bridgehead atoms. The number of rotatable bonds is 6. The molecule has 12 heteroatoms. The summed E-state index contributed by atoms with van der Waals surface area (Å²) in [5.41, 5.74) is 1.38. The van der Waals surface area contributed by atoms with Crippen LogP contribution in [0.2, 0.25) is 0 Å². The average Bonchev–Trinajstić information content (AvgIpc) is 3.69. The van der Waals surface area contributed by atoms with E-state index in [-0.39, 0.29) is 41.8 Å². The Bertz CT molecular complexity index is 1540. The van der Waals surface area contributed by atoms with Crippen LogP contribution in [0.25, 0.3) is 11.0 Å². The van der Waals surface area contributed by atoms with Gasteiger partial charge in [-0.1, -0.05) is 19.9 Å². The fourth-order valence-corrected chi connectivity index (χ4v) is 5.56. The van der Waals surface area contributed by atoms with E-state index in [0.717, 1.165) is 12.8 Å². The highest BCUT2D eigenvalue weighted by Gasteiger charge is 2.28. The highest BCUT2D eigenvalue weighted by Crippen LogP contribution is 2.32. The Kier molecular flexibility index (Phi) is 6.95. The van der Waals surface area contributed by atoms with Crippen LogP contribution in [-0.2, 0) is 6.42 Å². The summed E-state index contributed by atoms with van der Waals surface area (Å²) in [5, 5.41) is 14.1. The Morgan fingerprint density at radius 1 is 1.12 bits per heavy atom. The lowest BCUT2D eigenvalue weighted by molar-refractivity contribution is 0.0764. The van der Waals surface area contributed by atoms with E-state index in [1.807, 2.05) is 18.4 Å². The summed E-state index contributed by atoms with van der Waals surface area (Å²) >= 11 is 0. The molecule has 2 aliphatic heterocycles. The molecule has 0 radical (unpaired) electrons. The van der Waals surface area contributed by atoms with E-state index in [2.05, 4.69) is 25.0 Å². The molecule has 210 valence electrons. The van der Waals surface area contributed by atoms with Gasteiger partial charge in [-0.2, -0.15) is 4.98 Å². The molecule has 0 spiro atoms. The molecule has 0 saturated carbocycles. The van der Waals surface area contributed by atoms with Gasteiger partial charge in [0.15, 0.2) is 5.82 Å². The van der Waals surface area contributed by atoms with Gasteiger partial charge < -0.3 is 24.0 Å².